The molecule has 402 valence electrons. The third kappa shape index (κ3) is 51.7. The molecule has 1 amide bonds. The largest absolute Gasteiger partial charge is 0.462 e. The van der Waals surface area contributed by atoms with Crippen molar-refractivity contribution < 1.29 is 24.5 Å². The van der Waals surface area contributed by atoms with Crippen LogP contribution in [0.2, 0.25) is 0 Å². The number of aliphatic hydroxyl groups is 2. The van der Waals surface area contributed by atoms with Gasteiger partial charge in [0, 0.05) is 6.42 Å². The minimum absolute atomic E-state index is 0.0504. The monoisotopic (exact) mass is 966 g/mol. The summed E-state index contributed by atoms with van der Waals surface area (Å²) in [4.78, 5) is 26.3. The Labute approximate surface area is 428 Å². The normalized spacial score (nSPS) is 13.5. The maximum Gasteiger partial charge on any atom is 0.306 e. The van der Waals surface area contributed by atoms with E-state index in [0.717, 1.165) is 96.3 Å². The van der Waals surface area contributed by atoms with E-state index in [9.17, 15) is 19.8 Å². The zero-order chi connectivity index (χ0) is 50.2. The number of nitrogens with one attached hydrogen (secondary N) is 1. The molecule has 0 rings (SSSR count). The van der Waals surface area contributed by atoms with Crippen LogP contribution < -0.4 is 5.32 Å². The van der Waals surface area contributed by atoms with Crippen LogP contribution in [0.4, 0.5) is 0 Å². The average molecular weight is 967 g/mol. The zero-order valence-electron chi connectivity index (χ0n) is 45.9. The van der Waals surface area contributed by atoms with Crippen LogP contribution in [0.15, 0.2) is 60.8 Å². The lowest BCUT2D eigenvalue weighted by molar-refractivity contribution is -0.151. The molecule has 0 radical (unpaired) electrons. The van der Waals surface area contributed by atoms with E-state index in [1.54, 1.807) is 0 Å². The van der Waals surface area contributed by atoms with Crippen molar-refractivity contribution in [3.63, 3.8) is 0 Å². The van der Waals surface area contributed by atoms with Crippen LogP contribution in [-0.4, -0.2) is 46.9 Å². The summed E-state index contributed by atoms with van der Waals surface area (Å²) in [5, 5.41) is 23.9. The standard InChI is InChI=1S/C63H115NO5/c1-4-7-10-13-16-19-22-25-28-31-34-37-40-43-46-49-52-55-61(66)60(58-65)64-62(67)57-59(54-51-48-45-42-39-36-33-30-27-24-21-18-15-12-9-6-3)69-63(68)56-53-50-47-44-41-38-35-32-29-26-23-20-17-14-11-8-5-2/h17,20,26,29-30,33,35-36,38-39,59-61,65-66H,4-16,18-19,21-25,27-28,31-32,34,37,40-58H2,1-3H3,(H,64,67)/b20-17-,29-26-,33-30+,38-35-,39-36+. The van der Waals surface area contributed by atoms with Gasteiger partial charge in [-0.1, -0.05) is 261 Å². The summed E-state index contributed by atoms with van der Waals surface area (Å²) in [5.41, 5.74) is 0. The summed E-state index contributed by atoms with van der Waals surface area (Å²) in [6.07, 6.45) is 71.4. The maximum absolute atomic E-state index is 13.3. The third-order valence-electron chi connectivity index (χ3n) is 13.6. The summed E-state index contributed by atoms with van der Waals surface area (Å²) >= 11 is 0. The van der Waals surface area contributed by atoms with Gasteiger partial charge in [0.05, 0.1) is 25.2 Å². The van der Waals surface area contributed by atoms with Crippen molar-refractivity contribution in [3.8, 4) is 0 Å². The van der Waals surface area contributed by atoms with Gasteiger partial charge in [-0.15, -0.1) is 0 Å². The Hall–Kier alpha value is -2.44. The smallest absolute Gasteiger partial charge is 0.306 e. The summed E-state index contributed by atoms with van der Waals surface area (Å²) < 4.78 is 5.95. The minimum atomic E-state index is -0.802. The van der Waals surface area contributed by atoms with Crippen LogP contribution in [0.1, 0.15) is 303 Å². The molecule has 0 aromatic carbocycles. The molecule has 0 fully saturated rings. The highest BCUT2D eigenvalue weighted by Gasteiger charge is 2.24. The van der Waals surface area contributed by atoms with Crippen LogP contribution in [0.5, 0.6) is 0 Å². The van der Waals surface area contributed by atoms with Gasteiger partial charge >= 0.3 is 5.97 Å². The molecule has 69 heavy (non-hydrogen) atoms. The predicted molar refractivity (Wildman–Crippen MR) is 301 cm³/mol. The number of allylic oxidation sites excluding steroid dienone is 10. The fraction of sp³-hybridized carbons (Fsp3) is 0.810. The number of hydrogen-bond acceptors (Lipinski definition) is 5. The van der Waals surface area contributed by atoms with Crippen LogP contribution in [0.25, 0.3) is 0 Å². The van der Waals surface area contributed by atoms with E-state index in [4.69, 9.17) is 4.74 Å². The van der Waals surface area contributed by atoms with Crippen LogP contribution in [0.3, 0.4) is 0 Å². The second-order valence-corrected chi connectivity index (χ2v) is 20.4. The van der Waals surface area contributed by atoms with Crippen molar-refractivity contribution in [2.75, 3.05) is 6.61 Å². The van der Waals surface area contributed by atoms with Gasteiger partial charge in [0.1, 0.15) is 6.10 Å². The minimum Gasteiger partial charge on any atom is -0.462 e. The molecule has 0 aromatic heterocycles. The number of carbonyl (C=O) groups excluding carboxylic acids is 2. The molecular formula is C63H115NO5. The lowest BCUT2D eigenvalue weighted by Crippen LogP contribution is -2.46. The lowest BCUT2D eigenvalue weighted by atomic mass is 10.0. The van der Waals surface area contributed by atoms with Gasteiger partial charge in [-0.05, 0) is 89.9 Å². The van der Waals surface area contributed by atoms with Crippen molar-refractivity contribution in [1.82, 2.24) is 5.32 Å². The topological polar surface area (TPSA) is 95.9 Å². The molecule has 0 spiro atoms. The Morgan fingerprint density at radius 2 is 0.783 bits per heavy atom. The predicted octanol–water partition coefficient (Wildman–Crippen LogP) is 18.7. The molecular weight excluding hydrogens is 851 g/mol. The van der Waals surface area contributed by atoms with Crippen molar-refractivity contribution in [1.29, 1.82) is 0 Å². The van der Waals surface area contributed by atoms with E-state index in [0.29, 0.717) is 19.3 Å². The average Bonchev–Trinajstić information content (AvgIpc) is 3.34. The molecule has 0 saturated heterocycles. The van der Waals surface area contributed by atoms with Crippen LogP contribution >= 0.6 is 0 Å². The molecule has 0 aliphatic carbocycles. The van der Waals surface area contributed by atoms with Gasteiger partial charge in [0.25, 0.3) is 0 Å². The second kappa shape index (κ2) is 56.5. The second-order valence-electron chi connectivity index (χ2n) is 20.4. The molecule has 6 heteroatoms. The summed E-state index contributed by atoms with van der Waals surface area (Å²) in [7, 11) is 0. The fourth-order valence-corrected chi connectivity index (χ4v) is 9.02. The first kappa shape index (κ1) is 66.6. The molecule has 0 bridgehead atoms. The number of aliphatic hydroxyl groups excluding tert-OH is 2. The molecule has 3 atom stereocenters. The third-order valence-corrected chi connectivity index (χ3v) is 13.6. The van der Waals surface area contributed by atoms with E-state index in [-0.39, 0.29) is 24.9 Å². The number of esters is 1. The van der Waals surface area contributed by atoms with Crippen LogP contribution in [-0.2, 0) is 14.3 Å². The number of hydrogen-bond donors (Lipinski definition) is 3. The highest BCUT2D eigenvalue weighted by Crippen LogP contribution is 2.18. The summed E-state index contributed by atoms with van der Waals surface area (Å²) in [6.45, 7) is 6.47. The van der Waals surface area contributed by atoms with Crippen molar-refractivity contribution in [2.45, 2.75) is 322 Å². The zero-order valence-corrected chi connectivity index (χ0v) is 45.9. The Morgan fingerprint density at radius 1 is 0.435 bits per heavy atom. The van der Waals surface area contributed by atoms with E-state index in [1.807, 2.05) is 0 Å². The molecule has 3 N–H and O–H groups in total. The van der Waals surface area contributed by atoms with Crippen molar-refractivity contribution >= 4 is 11.9 Å². The van der Waals surface area contributed by atoms with Gasteiger partial charge in [-0.3, -0.25) is 9.59 Å². The van der Waals surface area contributed by atoms with E-state index >= 15 is 0 Å². The first-order valence-electron chi connectivity index (χ1n) is 30.0. The van der Waals surface area contributed by atoms with Gasteiger partial charge in [0.2, 0.25) is 5.91 Å². The summed E-state index contributed by atoms with van der Waals surface area (Å²) in [6, 6.07) is -0.718. The first-order valence-corrected chi connectivity index (χ1v) is 30.0. The van der Waals surface area contributed by atoms with Crippen LogP contribution in [0, 0.1) is 0 Å². The number of carbonyl (C=O) groups is 2. The Balaban J connectivity index is 4.62. The van der Waals surface area contributed by atoms with Gasteiger partial charge in [-0.25, -0.2) is 0 Å². The number of rotatable bonds is 54. The van der Waals surface area contributed by atoms with Gasteiger partial charge in [0.15, 0.2) is 0 Å². The molecule has 6 nitrogen and oxygen atoms in total. The quantitative estimate of drug-likeness (QED) is 0.0244. The molecule has 0 saturated carbocycles. The lowest BCUT2D eigenvalue weighted by Gasteiger charge is -2.24. The maximum atomic E-state index is 13.3. The van der Waals surface area contributed by atoms with E-state index < -0.39 is 18.2 Å². The summed E-state index contributed by atoms with van der Waals surface area (Å²) in [5.74, 6) is -0.517. The van der Waals surface area contributed by atoms with E-state index in [2.05, 4.69) is 86.8 Å². The number of amides is 1. The molecule has 0 aliphatic rings. The Morgan fingerprint density at radius 3 is 1.25 bits per heavy atom. The van der Waals surface area contributed by atoms with Gasteiger partial charge < -0.3 is 20.3 Å². The molecule has 3 unspecified atom stereocenters. The Kier molecular flexibility index (Phi) is 54.5. The highest BCUT2D eigenvalue weighted by molar-refractivity contribution is 5.77. The van der Waals surface area contributed by atoms with Crippen molar-refractivity contribution in [3.05, 3.63) is 60.8 Å². The highest BCUT2D eigenvalue weighted by atomic mass is 16.5. The fourth-order valence-electron chi connectivity index (χ4n) is 9.02. The number of ether oxygens (including phenoxy) is 1. The SMILES string of the molecule is CCCCC/C=C\C/C=C\C/C=C\CCCCCCC(=O)OC(CCCCC/C=C/C=C/CCCCCCCCC)CC(=O)NC(CO)C(O)CCCCCCCCCCCCCCCCCCC. The first-order chi connectivity index (χ1) is 34.0. The Bertz CT molecular complexity index is 1220. The number of unbranched alkanes of at least 4 members (excludes halogenated alkanes) is 33. The molecule has 0 aliphatic heterocycles. The molecule has 0 aromatic rings. The van der Waals surface area contributed by atoms with Crippen molar-refractivity contribution in [2.24, 2.45) is 0 Å². The van der Waals surface area contributed by atoms with E-state index in [1.165, 1.54) is 161 Å². The molecule has 0 heterocycles. The van der Waals surface area contributed by atoms with Gasteiger partial charge in [-0.2, -0.15) is 0 Å².